The van der Waals surface area contributed by atoms with Crippen molar-refractivity contribution in [2.45, 2.75) is 0 Å². The molecule has 0 saturated carbocycles. The van der Waals surface area contributed by atoms with Crippen LogP contribution >= 0.6 is 0 Å². The van der Waals surface area contributed by atoms with Crippen molar-refractivity contribution in [3.63, 3.8) is 0 Å². The molecule has 0 bridgehead atoms. The van der Waals surface area contributed by atoms with Crippen LogP contribution in [0.2, 0.25) is 0 Å². The third-order valence-electron chi connectivity index (χ3n) is 9.29. The van der Waals surface area contributed by atoms with Crippen LogP contribution < -0.4 is 31.7 Å². The summed E-state index contributed by atoms with van der Waals surface area (Å²) in [6.07, 6.45) is 0. The molecule has 6 aromatic carbocycles. The van der Waals surface area contributed by atoms with Gasteiger partial charge in [-0.3, -0.25) is 9.36 Å². The fourth-order valence-electron chi connectivity index (χ4n) is 7.71. The first-order valence-electron chi connectivity index (χ1n) is 14.4. The predicted molar refractivity (Wildman–Crippen MR) is 175 cm³/mol. The Kier molecular flexibility index (Phi) is 4.12. The molecular weight excluding hydrogens is 513 g/mol. The Morgan fingerprint density at radius 1 is 0.452 bits per heavy atom. The van der Waals surface area contributed by atoms with E-state index in [1.54, 1.807) is 0 Å². The van der Waals surface area contributed by atoms with Crippen molar-refractivity contribution < 1.29 is 0 Å². The van der Waals surface area contributed by atoms with Crippen LogP contribution in [-0.2, 0) is 0 Å². The smallest absolute Gasteiger partial charge is 0.263 e. The number of pyridine rings is 1. The van der Waals surface area contributed by atoms with Crippen LogP contribution in [0, 0.1) is 0 Å². The van der Waals surface area contributed by atoms with Gasteiger partial charge < -0.3 is 9.80 Å². The molecule has 1 aromatic heterocycles. The molecule has 0 fully saturated rings. The Morgan fingerprint density at radius 3 is 1.93 bits per heavy atom. The standard InChI is InChI=1S/C37H22BN3O/c42-37-26-14-5-4-13-24(26)25-21-22-32-34-35(25)41(37)29-17-7-6-15-27(29)38(34)28-16-10-20-33-36(28)40(32)31-19-9-8-18-30(31)39(33)23-11-2-1-3-12-23/h1-22H. The summed E-state index contributed by atoms with van der Waals surface area (Å²) < 4.78 is 1.98. The largest absolute Gasteiger partial charge is 0.307 e. The Balaban J connectivity index is 1.41. The van der Waals surface area contributed by atoms with Crippen LogP contribution in [-0.4, -0.2) is 11.3 Å². The van der Waals surface area contributed by atoms with Gasteiger partial charge in [-0.2, -0.15) is 0 Å². The van der Waals surface area contributed by atoms with Crippen molar-refractivity contribution in [3.8, 4) is 5.69 Å². The molecule has 10 rings (SSSR count). The van der Waals surface area contributed by atoms with E-state index in [4.69, 9.17) is 0 Å². The maximum Gasteiger partial charge on any atom is 0.263 e. The number of nitrogens with zero attached hydrogens (tertiary/aromatic N) is 3. The van der Waals surface area contributed by atoms with Gasteiger partial charge in [-0.15, -0.1) is 0 Å². The monoisotopic (exact) mass is 535 g/mol. The Hall–Kier alpha value is -5.55. The van der Waals surface area contributed by atoms with Crippen LogP contribution in [0.3, 0.4) is 0 Å². The molecule has 0 saturated heterocycles. The lowest BCUT2D eigenvalue weighted by Crippen LogP contribution is -2.61. The van der Waals surface area contributed by atoms with E-state index in [2.05, 4.69) is 119 Å². The van der Waals surface area contributed by atoms with E-state index in [-0.39, 0.29) is 12.3 Å². The van der Waals surface area contributed by atoms with E-state index in [0.29, 0.717) is 0 Å². The number of hydrogen-bond acceptors (Lipinski definition) is 3. The Morgan fingerprint density at radius 2 is 1.10 bits per heavy atom. The fraction of sp³-hybridized carbons (Fsp3) is 0. The maximum atomic E-state index is 14.2. The van der Waals surface area contributed by atoms with E-state index < -0.39 is 0 Å². The Bertz CT molecular complexity index is 2360. The van der Waals surface area contributed by atoms with Crippen molar-refractivity contribution in [2.24, 2.45) is 0 Å². The second kappa shape index (κ2) is 7.80. The maximum absolute atomic E-state index is 14.2. The highest BCUT2D eigenvalue weighted by Crippen LogP contribution is 2.54. The summed E-state index contributed by atoms with van der Waals surface area (Å²) in [6.45, 7) is -0.00505. The number of fused-ring (bicyclic) bond motifs is 9. The molecule has 3 aliphatic heterocycles. The number of para-hydroxylation sites is 5. The van der Waals surface area contributed by atoms with E-state index in [9.17, 15) is 4.79 Å². The topological polar surface area (TPSA) is 28.5 Å². The lowest BCUT2D eigenvalue weighted by molar-refractivity contribution is 1.06. The summed E-state index contributed by atoms with van der Waals surface area (Å²) in [5, 5.41) is 2.86. The molecule has 5 heteroatoms. The highest BCUT2D eigenvalue weighted by Gasteiger charge is 2.45. The summed E-state index contributed by atoms with van der Waals surface area (Å²) >= 11 is 0. The number of rotatable bonds is 1. The van der Waals surface area contributed by atoms with Crippen LogP contribution in [0.5, 0.6) is 0 Å². The van der Waals surface area contributed by atoms with Crippen molar-refractivity contribution >= 4 is 78.9 Å². The minimum absolute atomic E-state index is 0.00505. The van der Waals surface area contributed by atoms with E-state index >= 15 is 0 Å². The lowest BCUT2D eigenvalue weighted by atomic mass is 9.33. The molecule has 194 valence electrons. The van der Waals surface area contributed by atoms with Gasteiger partial charge in [0.2, 0.25) is 0 Å². The molecule has 42 heavy (non-hydrogen) atoms. The highest BCUT2D eigenvalue weighted by atomic mass is 16.1. The second-order valence-electron chi connectivity index (χ2n) is 11.3. The van der Waals surface area contributed by atoms with Gasteiger partial charge in [-0.25, -0.2) is 0 Å². The van der Waals surface area contributed by atoms with E-state index in [0.717, 1.165) is 61.3 Å². The quantitative estimate of drug-likeness (QED) is 0.177. The molecule has 7 aromatic rings. The average molecular weight is 535 g/mol. The zero-order valence-electron chi connectivity index (χ0n) is 22.5. The van der Waals surface area contributed by atoms with Crippen molar-refractivity contribution in [1.29, 1.82) is 0 Å². The number of anilines is 6. The minimum Gasteiger partial charge on any atom is -0.307 e. The van der Waals surface area contributed by atoms with Gasteiger partial charge in [0, 0.05) is 27.8 Å². The van der Waals surface area contributed by atoms with Crippen molar-refractivity contribution in [2.75, 3.05) is 9.80 Å². The van der Waals surface area contributed by atoms with Gasteiger partial charge in [0.15, 0.2) is 0 Å². The summed E-state index contributed by atoms with van der Waals surface area (Å²) in [4.78, 5) is 19.1. The first kappa shape index (κ1) is 22.2. The first-order valence-corrected chi connectivity index (χ1v) is 14.4. The van der Waals surface area contributed by atoms with Crippen LogP contribution in [0.1, 0.15) is 0 Å². The fourth-order valence-corrected chi connectivity index (χ4v) is 7.71. The summed E-state index contributed by atoms with van der Waals surface area (Å²) in [5.74, 6) is 0. The second-order valence-corrected chi connectivity index (χ2v) is 11.3. The van der Waals surface area contributed by atoms with E-state index in [1.165, 1.54) is 16.6 Å². The minimum atomic E-state index is -0.00505. The third kappa shape index (κ3) is 2.57. The third-order valence-corrected chi connectivity index (χ3v) is 9.29. The van der Waals surface area contributed by atoms with Crippen molar-refractivity contribution in [1.82, 2.24) is 4.57 Å². The van der Waals surface area contributed by atoms with Gasteiger partial charge in [-0.1, -0.05) is 84.9 Å². The van der Waals surface area contributed by atoms with Gasteiger partial charge in [-0.05, 0) is 70.3 Å². The molecular formula is C37H22BN3O. The highest BCUT2D eigenvalue weighted by molar-refractivity contribution is 7.00. The predicted octanol–water partition coefficient (Wildman–Crippen LogP) is 6.54. The molecule has 4 nitrogen and oxygen atoms in total. The van der Waals surface area contributed by atoms with Gasteiger partial charge in [0.05, 0.1) is 28.3 Å². The molecule has 3 aliphatic rings. The molecule has 0 amide bonds. The zero-order chi connectivity index (χ0) is 27.5. The molecule has 0 radical (unpaired) electrons. The zero-order valence-corrected chi connectivity index (χ0v) is 22.5. The Labute approximate surface area is 242 Å². The first-order chi connectivity index (χ1) is 20.8. The molecule has 0 N–H and O–H groups in total. The lowest BCUT2D eigenvalue weighted by Gasteiger charge is -2.46. The summed E-state index contributed by atoms with van der Waals surface area (Å²) in [7, 11) is 0. The summed E-state index contributed by atoms with van der Waals surface area (Å²) in [5.41, 5.74) is 12.5. The van der Waals surface area contributed by atoms with Gasteiger partial charge in [0.25, 0.3) is 12.3 Å². The summed E-state index contributed by atoms with van der Waals surface area (Å²) in [6, 6.07) is 46.9. The van der Waals surface area contributed by atoms with E-state index in [1.807, 2.05) is 28.8 Å². The van der Waals surface area contributed by atoms with Crippen LogP contribution in [0.25, 0.3) is 27.4 Å². The molecule has 4 heterocycles. The van der Waals surface area contributed by atoms with Crippen LogP contribution in [0.15, 0.2) is 138 Å². The molecule has 0 aliphatic carbocycles. The number of benzene rings is 6. The van der Waals surface area contributed by atoms with Crippen molar-refractivity contribution in [3.05, 3.63) is 144 Å². The van der Waals surface area contributed by atoms with Gasteiger partial charge in [0.1, 0.15) is 0 Å². The molecule has 0 spiro atoms. The SMILES string of the molecule is O=c1c2ccccc2c2ccc3c4c2n1-c1ccccc1B4c1cccc2c1N3c1ccccc1N2c1ccccc1. The molecule has 0 unspecified atom stereocenters. The average Bonchev–Trinajstić information content (AvgIpc) is 3.05. The number of aromatic nitrogens is 1. The normalized spacial score (nSPS) is 13.7. The molecule has 0 atom stereocenters. The van der Waals surface area contributed by atoms with Crippen LogP contribution in [0.4, 0.5) is 34.1 Å². The number of hydrogen-bond donors (Lipinski definition) is 0. The van der Waals surface area contributed by atoms with Gasteiger partial charge >= 0.3 is 0 Å².